The minimum absolute atomic E-state index is 0.0223. The van der Waals surface area contributed by atoms with E-state index in [4.69, 9.17) is 63.8 Å². The summed E-state index contributed by atoms with van der Waals surface area (Å²) in [7, 11) is 0.148. The average Bonchev–Trinajstić information content (AvgIpc) is 3.41. The number of carbonyl (C=O) groups is 4. The van der Waals surface area contributed by atoms with Crippen LogP contribution in [-0.2, 0) is 76.8 Å². The first kappa shape index (κ1) is 75.4. The van der Waals surface area contributed by atoms with Gasteiger partial charge in [0.1, 0.15) is 37.3 Å². The number of esters is 1. The van der Waals surface area contributed by atoms with Crippen LogP contribution in [-0.4, -0.2) is 136 Å². The normalized spacial score (nSPS) is 12.2. The summed E-state index contributed by atoms with van der Waals surface area (Å²) in [4.78, 5) is 89.9. The number of anilines is 1. The van der Waals surface area contributed by atoms with Crippen molar-refractivity contribution < 1.29 is 70.8 Å². The second-order valence-corrected chi connectivity index (χ2v) is 22.9. The minimum Gasteiger partial charge on any atom is -0.778 e. The SMILES string of the molecule is C=CCN(CC=C)C(=O)C(Cl)Cl.CCc1ccc(COc2ccc(-n3c(=O)cc(C(F)(F)F)n(C)c3=O)cc2)c(OC(C)C(=O)OC)c1.CCc1cccc(C)c1N(C(=O)CCl)C(C)COC.C[S+](C)C.O=C(O)CNCP(=O)([O-])O. The van der Waals surface area contributed by atoms with Crippen LogP contribution in [0.3, 0.4) is 0 Å². The molecular formula is C54H74Cl3F3N5O14PS. The number of alkyl halides is 6. The predicted molar refractivity (Wildman–Crippen MR) is 313 cm³/mol. The van der Waals surface area contributed by atoms with Crippen molar-refractivity contribution in [1.29, 1.82) is 0 Å². The summed E-state index contributed by atoms with van der Waals surface area (Å²) in [5, 5.41) is 9.97. The fourth-order valence-corrected chi connectivity index (χ4v) is 7.57. The lowest BCUT2D eigenvalue weighted by Gasteiger charge is -2.31. The Morgan fingerprint density at radius 1 is 0.938 bits per heavy atom. The number of rotatable bonds is 23. The number of carbonyl (C=O) groups excluding carboxylic acids is 3. The number of carboxylic acid groups (broad SMARTS) is 1. The van der Waals surface area contributed by atoms with Gasteiger partial charge in [0.25, 0.3) is 11.5 Å². The molecule has 0 aliphatic rings. The number of nitrogens with one attached hydrogen (secondary N) is 1. The van der Waals surface area contributed by atoms with E-state index >= 15 is 0 Å². The third-order valence-electron chi connectivity index (χ3n) is 10.4. The van der Waals surface area contributed by atoms with E-state index in [2.05, 4.69) is 44.9 Å². The molecule has 3 N–H and O–H groups in total. The molecule has 81 heavy (non-hydrogen) atoms. The van der Waals surface area contributed by atoms with Gasteiger partial charge >= 0.3 is 23.8 Å². The van der Waals surface area contributed by atoms with Gasteiger partial charge in [-0.1, -0.05) is 79.5 Å². The molecule has 0 saturated carbocycles. The minimum atomic E-state index is -4.84. The molecular weight excluding hydrogens is 1170 g/mol. The van der Waals surface area contributed by atoms with Crippen LogP contribution < -0.4 is 35.8 Å². The number of amides is 2. The molecule has 2 amide bonds. The number of nitrogens with zero attached hydrogens (tertiary/aromatic N) is 4. The number of benzene rings is 3. The van der Waals surface area contributed by atoms with Gasteiger partial charge in [-0.2, -0.15) is 13.2 Å². The molecule has 1 heterocycles. The molecule has 4 rings (SSSR count). The van der Waals surface area contributed by atoms with Crippen molar-refractivity contribution in [2.45, 2.75) is 77.2 Å². The highest BCUT2D eigenvalue weighted by atomic mass is 35.5. The zero-order chi connectivity index (χ0) is 62.4. The van der Waals surface area contributed by atoms with Gasteiger partial charge < -0.3 is 48.2 Å². The first-order valence-corrected chi connectivity index (χ1v) is 30.1. The summed E-state index contributed by atoms with van der Waals surface area (Å²) >= 11 is 16.6. The standard InChI is InChI=1S/C25H25F3N2O6.C15H22ClNO2.C8H11Cl2NO.C3H8NO5P.C3H9S/c1-5-16-6-7-17(20(12-16)36-15(2)23(32)34-4)14-35-19-10-8-18(9-11-19)30-22(31)13-21(25(26,27)28)29(3)24(30)33;1-5-13-8-6-7-11(2)15(13)17(14(18)9-16)12(3)10-19-4;1-3-5-11(6-4-2)8(12)7(9)10;5-3(6)1-4-2-10(7,8)9;1-4(2)3/h6-13,15H,5,14H2,1-4H3;6-8,12H,5,9-10H2,1-4H3;3-4,7H,1-2,5-6H2;4H,1-2H2,(H,5,6)(H2,7,8,9);1-3H3/q;;;;+1/p-1. The van der Waals surface area contributed by atoms with Crippen molar-refractivity contribution >= 4 is 82.7 Å². The number of aryl methyl sites for hydroxylation is 3. The Labute approximate surface area is 489 Å². The van der Waals surface area contributed by atoms with E-state index in [9.17, 15) is 51.4 Å². The summed E-state index contributed by atoms with van der Waals surface area (Å²) in [6.07, 6.45) is 5.06. The number of carboxylic acids is 1. The Kier molecular flexibility index (Phi) is 35.6. The molecule has 4 aromatic rings. The number of methoxy groups -OCH3 is 2. The van der Waals surface area contributed by atoms with E-state index in [1.54, 1.807) is 31.1 Å². The smallest absolute Gasteiger partial charge is 0.431 e. The molecule has 3 unspecified atom stereocenters. The highest BCUT2D eigenvalue weighted by Crippen LogP contribution is 2.30. The van der Waals surface area contributed by atoms with Crippen molar-refractivity contribution in [3.63, 3.8) is 0 Å². The first-order valence-electron chi connectivity index (χ1n) is 24.5. The predicted octanol–water partition coefficient (Wildman–Crippen LogP) is 7.45. The molecule has 0 aliphatic heterocycles. The van der Waals surface area contributed by atoms with E-state index in [-0.39, 0.29) is 36.0 Å². The lowest BCUT2D eigenvalue weighted by atomic mass is 10.0. The second kappa shape index (κ2) is 38.2. The Morgan fingerprint density at radius 3 is 1.98 bits per heavy atom. The number of aliphatic carboxylic acids is 1. The average molecular weight is 1240 g/mol. The fraction of sp³-hybridized carbons (Fsp3) is 0.444. The van der Waals surface area contributed by atoms with Gasteiger partial charge in [0.05, 0.1) is 62.7 Å². The van der Waals surface area contributed by atoms with Crippen molar-refractivity contribution in [2.24, 2.45) is 7.05 Å². The maximum absolute atomic E-state index is 13.1. The van der Waals surface area contributed by atoms with Gasteiger partial charge in [-0.3, -0.25) is 29.1 Å². The first-order chi connectivity index (χ1) is 37.8. The summed E-state index contributed by atoms with van der Waals surface area (Å²) in [5.74, 6) is -1.29. The van der Waals surface area contributed by atoms with Crippen LogP contribution >= 0.6 is 42.4 Å². The van der Waals surface area contributed by atoms with Gasteiger partial charge in [-0.05, 0) is 91.5 Å². The van der Waals surface area contributed by atoms with E-state index in [0.717, 1.165) is 42.3 Å². The lowest BCUT2D eigenvalue weighted by molar-refractivity contribution is -0.193. The molecule has 452 valence electrons. The molecule has 0 spiro atoms. The maximum atomic E-state index is 13.1. The second-order valence-electron chi connectivity index (χ2n) is 17.5. The van der Waals surface area contributed by atoms with E-state index in [1.807, 2.05) is 56.4 Å². The molecule has 0 bridgehead atoms. The van der Waals surface area contributed by atoms with E-state index in [0.29, 0.717) is 62.9 Å². The van der Waals surface area contributed by atoms with Crippen molar-refractivity contribution in [3.8, 4) is 17.2 Å². The Balaban J connectivity index is 0.00000118. The van der Waals surface area contributed by atoms with Crippen LogP contribution in [0.4, 0.5) is 18.9 Å². The molecule has 0 fully saturated rings. The van der Waals surface area contributed by atoms with Crippen molar-refractivity contribution in [1.82, 2.24) is 19.4 Å². The number of hydrogen-bond donors (Lipinski definition) is 3. The molecule has 27 heteroatoms. The Hall–Kier alpha value is -5.62. The number of ether oxygens (including phenoxy) is 4. The third-order valence-corrected chi connectivity index (χ3v) is 11.7. The summed E-state index contributed by atoms with van der Waals surface area (Å²) in [5.41, 5.74) is 1.41. The van der Waals surface area contributed by atoms with E-state index in [1.165, 1.54) is 36.3 Å². The monoisotopic (exact) mass is 1240 g/mol. The lowest BCUT2D eigenvalue weighted by Crippen LogP contribution is -2.43. The van der Waals surface area contributed by atoms with Crippen LogP contribution in [0.2, 0.25) is 0 Å². The highest BCUT2D eigenvalue weighted by molar-refractivity contribution is 7.94. The van der Waals surface area contributed by atoms with Crippen molar-refractivity contribution in [2.75, 3.05) is 76.3 Å². The largest absolute Gasteiger partial charge is 0.778 e. The van der Waals surface area contributed by atoms with Gasteiger partial charge in [0, 0.05) is 38.9 Å². The number of halogens is 6. The Bertz CT molecular complexity index is 2800. The molecule has 0 aliphatic carbocycles. The number of aromatic nitrogens is 2. The third kappa shape index (κ3) is 27.8. The molecule has 1 aromatic heterocycles. The van der Waals surface area contributed by atoms with Crippen molar-refractivity contribution in [3.05, 3.63) is 141 Å². The van der Waals surface area contributed by atoms with Gasteiger partial charge in [0.15, 0.2) is 10.9 Å². The van der Waals surface area contributed by atoms with Crippen LogP contribution in [0.5, 0.6) is 11.5 Å². The highest BCUT2D eigenvalue weighted by Gasteiger charge is 2.35. The quantitative estimate of drug-likeness (QED) is 0.0215. The van der Waals surface area contributed by atoms with Gasteiger partial charge in [-0.15, -0.1) is 24.8 Å². The van der Waals surface area contributed by atoms with Crippen LogP contribution in [0, 0.1) is 6.92 Å². The topological polar surface area (TPSA) is 248 Å². The fourth-order valence-electron chi connectivity index (χ4n) is 6.77. The Morgan fingerprint density at radius 2 is 1.52 bits per heavy atom. The summed E-state index contributed by atoms with van der Waals surface area (Å²) in [6.45, 7) is 17.6. The van der Waals surface area contributed by atoms with Crippen LogP contribution in [0.25, 0.3) is 5.69 Å². The zero-order valence-corrected chi connectivity index (χ0v) is 51.2. The van der Waals surface area contributed by atoms with E-state index < -0.39 is 66.4 Å². The van der Waals surface area contributed by atoms with Crippen LogP contribution in [0.1, 0.15) is 55.6 Å². The molecule has 0 radical (unpaired) electrons. The number of para-hydroxylation sites is 1. The van der Waals surface area contributed by atoms with Gasteiger partial charge in [-0.25, -0.2) is 14.2 Å². The zero-order valence-electron chi connectivity index (χ0n) is 47.2. The molecule has 0 saturated heterocycles. The van der Waals surface area contributed by atoms with Crippen LogP contribution in [0.15, 0.2) is 102 Å². The molecule has 3 atom stereocenters. The maximum Gasteiger partial charge on any atom is 0.431 e. The molecule has 3 aromatic carbocycles. The van der Waals surface area contributed by atoms with Gasteiger partial charge in [0.2, 0.25) is 5.91 Å². The summed E-state index contributed by atoms with van der Waals surface area (Å²) in [6, 6.07) is 17.7. The number of hydrogen-bond acceptors (Lipinski definition) is 13. The summed E-state index contributed by atoms with van der Waals surface area (Å²) < 4.78 is 71.6. The molecule has 19 nitrogen and oxygen atoms in total.